The monoisotopic (exact) mass is 471 g/mol. The van der Waals surface area contributed by atoms with Crippen molar-refractivity contribution < 1.29 is 22.7 Å². The fraction of sp³-hybridized carbons (Fsp3) is 0.417. The van der Waals surface area contributed by atoms with Gasteiger partial charge >= 0.3 is 0 Å². The molecule has 2 heterocycles. The van der Waals surface area contributed by atoms with Crippen LogP contribution in [0.25, 0.3) is 0 Å². The number of hydrogen-bond donors (Lipinski definition) is 1. The van der Waals surface area contributed by atoms with Gasteiger partial charge in [0.1, 0.15) is 10.6 Å². The van der Waals surface area contributed by atoms with E-state index in [9.17, 15) is 18.0 Å². The first-order valence-corrected chi connectivity index (χ1v) is 12.8. The van der Waals surface area contributed by atoms with Crippen molar-refractivity contribution in [3.8, 4) is 5.75 Å². The predicted molar refractivity (Wildman–Crippen MR) is 126 cm³/mol. The van der Waals surface area contributed by atoms with Gasteiger partial charge in [-0.25, -0.2) is 8.42 Å². The summed E-state index contributed by atoms with van der Waals surface area (Å²) in [4.78, 5) is 26.5. The first-order chi connectivity index (χ1) is 15.9. The molecule has 0 bridgehead atoms. The minimum absolute atomic E-state index is 0.0620. The van der Waals surface area contributed by atoms with E-state index < -0.39 is 10.0 Å². The van der Waals surface area contributed by atoms with Crippen LogP contribution < -0.4 is 15.0 Å². The zero-order valence-corrected chi connectivity index (χ0v) is 19.6. The van der Waals surface area contributed by atoms with Crippen molar-refractivity contribution in [1.82, 2.24) is 4.31 Å². The van der Waals surface area contributed by atoms with E-state index in [4.69, 9.17) is 4.74 Å². The lowest BCUT2D eigenvalue weighted by molar-refractivity contribution is -0.117. The first kappa shape index (κ1) is 23.3. The molecule has 0 saturated carbocycles. The molecule has 2 fully saturated rings. The SMILES string of the molecule is CCOc1ccc(NC(=O)c2ccc(N3CCCC3=O)cc2)cc1S(=O)(=O)N1CCCCC1. The molecule has 0 aliphatic carbocycles. The molecule has 9 heteroatoms. The van der Waals surface area contributed by atoms with Crippen LogP contribution in [0.2, 0.25) is 0 Å². The quantitative estimate of drug-likeness (QED) is 0.665. The lowest BCUT2D eigenvalue weighted by Crippen LogP contribution is -2.35. The van der Waals surface area contributed by atoms with Gasteiger partial charge in [-0.15, -0.1) is 0 Å². The van der Waals surface area contributed by atoms with E-state index in [0.29, 0.717) is 43.9 Å². The van der Waals surface area contributed by atoms with E-state index in [1.54, 1.807) is 48.2 Å². The van der Waals surface area contributed by atoms with E-state index in [1.807, 2.05) is 0 Å². The second kappa shape index (κ2) is 9.93. The van der Waals surface area contributed by atoms with Gasteiger partial charge in [0.05, 0.1) is 6.61 Å². The Bertz CT molecular complexity index is 1130. The average molecular weight is 472 g/mol. The molecule has 8 nitrogen and oxygen atoms in total. The molecule has 2 aliphatic rings. The van der Waals surface area contributed by atoms with Gasteiger partial charge in [-0.2, -0.15) is 4.31 Å². The molecule has 0 unspecified atom stereocenters. The minimum atomic E-state index is -3.74. The van der Waals surface area contributed by atoms with Crippen LogP contribution in [-0.4, -0.2) is 50.8 Å². The molecule has 33 heavy (non-hydrogen) atoms. The highest BCUT2D eigenvalue weighted by Crippen LogP contribution is 2.32. The maximum Gasteiger partial charge on any atom is 0.255 e. The number of carbonyl (C=O) groups excluding carboxylic acids is 2. The number of hydrogen-bond acceptors (Lipinski definition) is 5. The third kappa shape index (κ3) is 5.04. The number of nitrogens with zero attached hydrogens (tertiary/aromatic N) is 2. The molecule has 2 aromatic rings. The highest BCUT2D eigenvalue weighted by Gasteiger charge is 2.29. The number of nitrogens with one attached hydrogen (secondary N) is 1. The van der Waals surface area contributed by atoms with Gasteiger partial charge in [-0.05, 0) is 68.7 Å². The van der Waals surface area contributed by atoms with Crippen LogP contribution in [0.1, 0.15) is 49.4 Å². The van der Waals surface area contributed by atoms with Gasteiger partial charge in [0, 0.05) is 43.0 Å². The fourth-order valence-corrected chi connectivity index (χ4v) is 5.90. The maximum atomic E-state index is 13.3. The molecule has 0 atom stereocenters. The molecule has 0 radical (unpaired) electrons. The molecule has 1 N–H and O–H groups in total. The fourth-order valence-electron chi connectivity index (χ4n) is 4.22. The Hall–Kier alpha value is -2.91. The number of amides is 2. The zero-order chi connectivity index (χ0) is 23.4. The highest BCUT2D eigenvalue weighted by molar-refractivity contribution is 7.89. The number of benzene rings is 2. The summed E-state index contributed by atoms with van der Waals surface area (Å²) in [5.74, 6) is 0.00418. The van der Waals surface area contributed by atoms with E-state index in [-0.39, 0.29) is 22.5 Å². The van der Waals surface area contributed by atoms with Crippen LogP contribution in [-0.2, 0) is 14.8 Å². The van der Waals surface area contributed by atoms with Crippen LogP contribution in [0.15, 0.2) is 47.4 Å². The van der Waals surface area contributed by atoms with Crippen molar-refractivity contribution >= 4 is 33.2 Å². The van der Waals surface area contributed by atoms with E-state index >= 15 is 0 Å². The largest absolute Gasteiger partial charge is 0.492 e. The van der Waals surface area contributed by atoms with Gasteiger partial charge in [0.25, 0.3) is 5.91 Å². The zero-order valence-electron chi connectivity index (χ0n) is 18.7. The number of piperidine rings is 1. The second-order valence-corrected chi connectivity index (χ2v) is 10.1. The maximum absolute atomic E-state index is 13.3. The molecule has 2 aromatic carbocycles. The minimum Gasteiger partial charge on any atom is -0.492 e. The molecule has 2 aliphatic heterocycles. The number of ether oxygens (including phenoxy) is 1. The number of carbonyl (C=O) groups is 2. The summed E-state index contributed by atoms with van der Waals surface area (Å²) in [5.41, 5.74) is 1.56. The Morgan fingerprint density at radius 3 is 2.36 bits per heavy atom. The van der Waals surface area contributed by atoms with Crippen molar-refractivity contribution in [1.29, 1.82) is 0 Å². The van der Waals surface area contributed by atoms with E-state index in [2.05, 4.69) is 5.32 Å². The number of sulfonamides is 1. The molecular weight excluding hydrogens is 442 g/mol. The van der Waals surface area contributed by atoms with E-state index in [0.717, 1.165) is 31.4 Å². The van der Waals surface area contributed by atoms with Crippen molar-refractivity contribution in [2.24, 2.45) is 0 Å². The highest BCUT2D eigenvalue weighted by atomic mass is 32.2. The Morgan fingerprint density at radius 2 is 1.73 bits per heavy atom. The summed E-state index contributed by atoms with van der Waals surface area (Å²) in [5, 5.41) is 2.78. The molecule has 2 amide bonds. The van der Waals surface area contributed by atoms with Crippen molar-refractivity contribution in [2.75, 3.05) is 36.5 Å². The third-order valence-electron chi connectivity index (χ3n) is 5.95. The van der Waals surface area contributed by atoms with Crippen LogP contribution in [0.3, 0.4) is 0 Å². The lowest BCUT2D eigenvalue weighted by Gasteiger charge is -2.27. The molecule has 0 spiro atoms. The molecule has 2 saturated heterocycles. The standard InChI is InChI=1S/C24H29N3O5S/c1-2-32-21-13-10-19(17-22(21)33(30,31)26-14-4-3-5-15-26)25-24(29)18-8-11-20(12-9-18)27-16-6-7-23(27)28/h8-13,17H,2-7,14-16H2,1H3,(H,25,29). The number of rotatable bonds is 7. The summed E-state index contributed by atoms with van der Waals surface area (Å²) < 4.78 is 33.6. The van der Waals surface area contributed by atoms with Gasteiger partial charge in [-0.1, -0.05) is 6.42 Å². The van der Waals surface area contributed by atoms with Crippen LogP contribution in [0.5, 0.6) is 5.75 Å². The smallest absolute Gasteiger partial charge is 0.255 e. The summed E-state index contributed by atoms with van der Waals surface area (Å²) in [6, 6.07) is 11.5. The average Bonchev–Trinajstić information content (AvgIpc) is 3.26. The van der Waals surface area contributed by atoms with Gasteiger partial charge < -0.3 is 15.0 Å². The topological polar surface area (TPSA) is 96.0 Å². The molecular formula is C24H29N3O5S. The third-order valence-corrected chi connectivity index (χ3v) is 7.87. The Kier molecular flexibility index (Phi) is 6.99. The molecule has 4 rings (SSSR count). The predicted octanol–water partition coefficient (Wildman–Crippen LogP) is 3.64. The van der Waals surface area contributed by atoms with Crippen LogP contribution in [0.4, 0.5) is 11.4 Å². The number of anilines is 2. The first-order valence-electron chi connectivity index (χ1n) is 11.4. The van der Waals surface area contributed by atoms with Crippen LogP contribution in [0, 0.1) is 0 Å². The van der Waals surface area contributed by atoms with Crippen molar-refractivity contribution in [3.63, 3.8) is 0 Å². The second-order valence-electron chi connectivity index (χ2n) is 8.21. The Balaban J connectivity index is 1.54. The Morgan fingerprint density at radius 1 is 1.00 bits per heavy atom. The summed E-state index contributed by atoms with van der Waals surface area (Å²) >= 11 is 0. The summed E-state index contributed by atoms with van der Waals surface area (Å²) in [6.07, 6.45) is 4.06. The van der Waals surface area contributed by atoms with Crippen molar-refractivity contribution in [2.45, 2.75) is 43.9 Å². The van der Waals surface area contributed by atoms with Crippen LogP contribution >= 0.6 is 0 Å². The summed E-state index contributed by atoms with van der Waals surface area (Å²) in [7, 11) is -3.74. The van der Waals surface area contributed by atoms with Gasteiger partial charge in [-0.3, -0.25) is 9.59 Å². The van der Waals surface area contributed by atoms with E-state index in [1.165, 1.54) is 10.4 Å². The van der Waals surface area contributed by atoms with Crippen molar-refractivity contribution in [3.05, 3.63) is 48.0 Å². The summed E-state index contributed by atoms with van der Waals surface area (Å²) in [6.45, 7) is 3.78. The Labute approximate surface area is 194 Å². The normalized spacial score (nSPS) is 17.2. The molecule has 176 valence electrons. The van der Waals surface area contributed by atoms with Gasteiger partial charge in [0.2, 0.25) is 15.9 Å². The van der Waals surface area contributed by atoms with Gasteiger partial charge in [0.15, 0.2) is 0 Å². The molecule has 0 aromatic heterocycles. The lowest BCUT2D eigenvalue weighted by atomic mass is 10.1.